The highest BCUT2D eigenvalue weighted by Crippen LogP contribution is 2.46. The molecule has 1 fully saturated rings. The second kappa shape index (κ2) is 13.7. The van der Waals surface area contributed by atoms with Gasteiger partial charge in [0.15, 0.2) is 16.6 Å². The van der Waals surface area contributed by atoms with Crippen LogP contribution in [-0.2, 0) is 27.4 Å². The van der Waals surface area contributed by atoms with Crippen molar-refractivity contribution >= 4 is 39.9 Å². The molecule has 48 heavy (non-hydrogen) atoms. The fourth-order valence-electron chi connectivity index (χ4n) is 5.76. The minimum Gasteiger partial charge on any atom is -0.507 e. The zero-order valence-electron chi connectivity index (χ0n) is 26.7. The van der Waals surface area contributed by atoms with Gasteiger partial charge in [-0.15, -0.1) is 0 Å². The van der Waals surface area contributed by atoms with Crippen LogP contribution in [0, 0.1) is 6.92 Å². The predicted molar refractivity (Wildman–Crippen MR) is 181 cm³/mol. The molecule has 0 radical (unpaired) electrons. The molecule has 2 aliphatic heterocycles. The quantitative estimate of drug-likeness (QED) is 0.0611. The van der Waals surface area contributed by atoms with E-state index in [-0.39, 0.29) is 34.1 Å². The van der Waals surface area contributed by atoms with Crippen LogP contribution >= 0.6 is 11.3 Å². The molecule has 6 rings (SSSR count). The number of thiazole rings is 1. The van der Waals surface area contributed by atoms with E-state index in [2.05, 4.69) is 11.6 Å². The summed E-state index contributed by atoms with van der Waals surface area (Å²) in [5, 5.41) is 11.9. The number of anilines is 1. The molecule has 1 N–H and O–H groups in total. The molecule has 4 aromatic rings. The molecule has 0 aliphatic carbocycles. The van der Waals surface area contributed by atoms with Crippen LogP contribution in [0.3, 0.4) is 0 Å². The minimum absolute atomic E-state index is 0.000482. The number of Topliss-reactive ketones (excluding diaryl/α,β-unsaturated/α-hetero) is 1. The Labute approximate surface area is 281 Å². The Kier molecular flexibility index (Phi) is 9.31. The summed E-state index contributed by atoms with van der Waals surface area (Å²) in [7, 11) is 0. The van der Waals surface area contributed by atoms with Crippen LogP contribution in [0.4, 0.5) is 5.13 Å². The number of hydrogen-bond donors (Lipinski definition) is 1. The van der Waals surface area contributed by atoms with Gasteiger partial charge in [-0.3, -0.25) is 14.5 Å². The van der Waals surface area contributed by atoms with Gasteiger partial charge in [0.05, 0.1) is 23.9 Å². The lowest BCUT2D eigenvalue weighted by Gasteiger charge is -2.24. The van der Waals surface area contributed by atoms with Gasteiger partial charge in [-0.25, -0.2) is 9.78 Å². The topological polar surface area (TPSA) is 124 Å². The molecule has 3 aromatic carbocycles. The van der Waals surface area contributed by atoms with Crippen LogP contribution in [0.5, 0.6) is 17.2 Å². The number of aromatic nitrogens is 1. The number of rotatable bonds is 11. The maximum Gasteiger partial charge on any atom is 0.350 e. The van der Waals surface area contributed by atoms with Crippen LogP contribution in [0.25, 0.3) is 5.76 Å². The van der Waals surface area contributed by atoms with Crippen molar-refractivity contribution in [3.05, 3.63) is 118 Å². The molecule has 0 spiro atoms. The van der Waals surface area contributed by atoms with Gasteiger partial charge in [0.25, 0.3) is 5.78 Å². The summed E-state index contributed by atoms with van der Waals surface area (Å²) in [6.07, 6.45) is 2.06. The lowest BCUT2D eigenvalue weighted by atomic mass is 9.94. The molecule has 0 bridgehead atoms. The molecule has 2 atom stereocenters. The number of aryl methyl sites for hydroxylation is 1. The van der Waals surface area contributed by atoms with E-state index in [4.69, 9.17) is 18.9 Å². The highest BCUT2D eigenvalue weighted by Gasteiger charge is 2.49. The van der Waals surface area contributed by atoms with E-state index in [1.807, 2.05) is 44.2 Å². The molecule has 1 saturated heterocycles. The molecule has 1 aromatic heterocycles. The van der Waals surface area contributed by atoms with Crippen molar-refractivity contribution in [3.63, 3.8) is 0 Å². The van der Waals surface area contributed by atoms with Gasteiger partial charge in [-0.1, -0.05) is 60.4 Å². The largest absolute Gasteiger partial charge is 0.507 e. The van der Waals surface area contributed by atoms with Gasteiger partial charge >= 0.3 is 11.9 Å². The van der Waals surface area contributed by atoms with Crippen molar-refractivity contribution < 1.29 is 38.4 Å². The Bertz CT molecular complexity index is 1930. The third-order valence-electron chi connectivity index (χ3n) is 7.94. The maximum atomic E-state index is 13.9. The first-order valence-electron chi connectivity index (χ1n) is 15.5. The van der Waals surface area contributed by atoms with Crippen LogP contribution in [-0.4, -0.2) is 47.1 Å². The number of carbonyl (C=O) groups is 3. The zero-order valence-corrected chi connectivity index (χ0v) is 27.5. The number of aliphatic hydroxyl groups excluding tert-OH is 1. The van der Waals surface area contributed by atoms with Gasteiger partial charge < -0.3 is 24.1 Å². The number of carbonyl (C=O) groups excluding carboxylic acids is 3. The number of fused-ring (bicyclic) bond motifs is 1. The van der Waals surface area contributed by atoms with E-state index < -0.39 is 23.7 Å². The Morgan fingerprint density at radius 1 is 1.10 bits per heavy atom. The SMILES string of the molecule is C=CCOC(=O)c1sc(N2C(=O)C(=O)/C(=C(/O)c3ccc4c(c3)C[C@@H](C)O4)[C@@H]2c2ccc(OCc3ccccc3)c(OCC)c2)nc1C. The number of hydrogen-bond acceptors (Lipinski definition) is 10. The number of benzene rings is 3. The first-order chi connectivity index (χ1) is 23.2. The molecule has 1 amide bonds. The second-order valence-corrected chi connectivity index (χ2v) is 12.3. The maximum absolute atomic E-state index is 13.9. The van der Waals surface area contributed by atoms with Crippen molar-refractivity contribution in [3.8, 4) is 17.2 Å². The van der Waals surface area contributed by atoms with Crippen molar-refractivity contribution in [2.45, 2.75) is 45.9 Å². The predicted octanol–water partition coefficient (Wildman–Crippen LogP) is 6.72. The summed E-state index contributed by atoms with van der Waals surface area (Å²) in [5.74, 6) is -1.20. The summed E-state index contributed by atoms with van der Waals surface area (Å²) in [4.78, 5) is 46.4. The van der Waals surface area contributed by atoms with Crippen molar-refractivity contribution in [2.24, 2.45) is 0 Å². The minimum atomic E-state index is -1.11. The molecule has 11 heteroatoms. The van der Waals surface area contributed by atoms with E-state index in [0.29, 0.717) is 53.7 Å². The van der Waals surface area contributed by atoms with Gasteiger partial charge in [-0.05, 0) is 67.8 Å². The van der Waals surface area contributed by atoms with Crippen molar-refractivity contribution in [2.75, 3.05) is 18.1 Å². The molecular formula is C37H34N2O8S. The smallest absolute Gasteiger partial charge is 0.350 e. The molecular weight excluding hydrogens is 632 g/mol. The van der Waals surface area contributed by atoms with Gasteiger partial charge in [0, 0.05) is 12.0 Å². The number of ether oxygens (including phenoxy) is 4. The number of amides is 1. The fourth-order valence-corrected chi connectivity index (χ4v) is 6.75. The third kappa shape index (κ3) is 6.28. The Balaban J connectivity index is 1.47. The average molecular weight is 667 g/mol. The normalized spacial score (nSPS) is 17.9. The zero-order chi connectivity index (χ0) is 33.9. The lowest BCUT2D eigenvalue weighted by molar-refractivity contribution is -0.132. The number of esters is 1. The summed E-state index contributed by atoms with van der Waals surface area (Å²) >= 11 is 0.925. The molecule has 0 unspecified atom stereocenters. The molecule has 10 nitrogen and oxygen atoms in total. The summed E-state index contributed by atoms with van der Waals surface area (Å²) < 4.78 is 23.1. The highest BCUT2D eigenvalue weighted by atomic mass is 32.1. The van der Waals surface area contributed by atoms with Gasteiger partial charge in [0.1, 0.15) is 35.7 Å². The Hall–Kier alpha value is -5.42. The molecule has 2 aliphatic rings. The Morgan fingerprint density at radius 3 is 2.65 bits per heavy atom. The highest BCUT2D eigenvalue weighted by molar-refractivity contribution is 7.17. The number of ketones is 1. The van der Waals surface area contributed by atoms with Crippen LogP contribution < -0.4 is 19.1 Å². The number of nitrogens with zero attached hydrogens (tertiary/aromatic N) is 2. The van der Waals surface area contributed by atoms with E-state index in [1.165, 1.54) is 11.0 Å². The average Bonchev–Trinajstić information content (AvgIpc) is 3.74. The van der Waals surface area contributed by atoms with Crippen molar-refractivity contribution in [1.29, 1.82) is 0 Å². The third-order valence-corrected chi connectivity index (χ3v) is 9.08. The van der Waals surface area contributed by atoms with Crippen LogP contribution in [0.1, 0.15) is 57.5 Å². The fraction of sp³-hybridized carbons (Fsp3) is 0.243. The van der Waals surface area contributed by atoms with E-state index >= 15 is 0 Å². The van der Waals surface area contributed by atoms with Crippen LogP contribution in [0.2, 0.25) is 0 Å². The van der Waals surface area contributed by atoms with E-state index in [0.717, 1.165) is 22.5 Å². The van der Waals surface area contributed by atoms with Gasteiger partial charge in [-0.2, -0.15) is 0 Å². The molecule has 0 saturated carbocycles. The van der Waals surface area contributed by atoms with Crippen LogP contribution in [0.15, 0.2) is 85.0 Å². The van der Waals surface area contributed by atoms with Gasteiger partial charge in [0.2, 0.25) is 0 Å². The standard InChI is InChI=1S/C37H34N2O8S/c1-5-16-45-36(43)34-22(4)38-37(48-34)39-31(24-12-15-28(29(19-24)44-6-2)46-20-23-10-8-7-9-11-23)30(33(41)35(39)42)32(40)25-13-14-27-26(18-25)17-21(3)47-27/h5,7-15,18-19,21,31,40H,1,6,16-17,20H2,2-4H3/b32-30+/t21-,31+/m1/s1. The first kappa shape index (κ1) is 32.5. The summed E-state index contributed by atoms with van der Waals surface area (Å²) in [6.45, 7) is 9.59. The summed E-state index contributed by atoms with van der Waals surface area (Å²) in [5.41, 5.74) is 2.88. The molecule has 246 valence electrons. The molecule has 3 heterocycles. The second-order valence-electron chi connectivity index (χ2n) is 11.3. The lowest BCUT2D eigenvalue weighted by Crippen LogP contribution is -2.29. The Morgan fingerprint density at radius 2 is 1.90 bits per heavy atom. The van der Waals surface area contributed by atoms with Crippen molar-refractivity contribution in [1.82, 2.24) is 4.98 Å². The first-order valence-corrected chi connectivity index (χ1v) is 16.3. The monoisotopic (exact) mass is 666 g/mol. The van der Waals surface area contributed by atoms with E-state index in [9.17, 15) is 19.5 Å². The number of aliphatic hydroxyl groups is 1. The van der Waals surface area contributed by atoms with E-state index in [1.54, 1.807) is 43.3 Å². The summed E-state index contributed by atoms with van der Waals surface area (Å²) in [6, 6.07) is 18.9.